The van der Waals surface area contributed by atoms with Crippen LogP contribution in [-0.2, 0) is 0 Å². The third kappa shape index (κ3) is 1.96. The zero-order chi connectivity index (χ0) is 11.7. The highest BCUT2D eigenvalue weighted by Crippen LogP contribution is 2.26. The molecule has 1 saturated heterocycles. The maximum absolute atomic E-state index is 13.6. The highest BCUT2D eigenvalue weighted by Gasteiger charge is 2.23. The first-order valence-electron chi connectivity index (χ1n) is 4.95. The van der Waals surface area contributed by atoms with Gasteiger partial charge in [0.25, 0.3) is 5.69 Å². The van der Waals surface area contributed by atoms with Crippen molar-refractivity contribution in [3.63, 3.8) is 0 Å². The Labute approximate surface area is 91.3 Å². The van der Waals surface area contributed by atoms with Crippen molar-refractivity contribution in [2.45, 2.75) is 12.5 Å². The van der Waals surface area contributed by atoms with Crippen LogP contribution >= 0.6 is 0 Å². The number of aliphatic hydroxyl groups is 1. The summed E-state index contributed by atoms with van der Waals surface area (Å²) >= 11 is 0. The fourth-order valence-corrected chi connectivity index (χ4v) is 1.83. The van der Waals surface area contributed by atoms with E-state index >= 15 is 0 Å². The largest absolute Gasteiger partial charge is 0.391 e. The van der Waals surface area contributed by atoms with Gasteiger partial charge >= 0.3 is 0 Å². The molecule has 1 heterocycles. The van der Waals surface area contributed by atoms with Crippen molar-refractivity contribution in [2.24, 2.45) is 0 Å². The number of rotatable bonds is 2. The summed E-state index contributed by atoms with van der Waals surface area (Å²) in [5.74, 6) is -0.622. The van der Waals surface area contributed by atoms with Crippen molar-refractivity contribution in [2.75, 3.05) is 18.0 Å². The quantitative estimate of drug-likeness (QED) is 0.609. The average molecular weight is 226 g/mol. The molecule has 2 rings (SSSR count). The molecule has 0 aromatic heterocycles. The lowest BCUT2D eigenvalue weighted by Crippen LogP contribution is -2.22. The lowest BCUT2D eigenvalue weighted by molar-refractivity contribution is -0.385. The van der Waals surface area contributed by atoms with Crippen LogP contribution < -0.4 is 4.90 Å². The van der Waals surface area contributed by atoms with Gasteiger partial charge in [0.2, 0.25) is 0 Å². The van der Waals surface area contributed by atoms with Crippen LogP contribution in [0.25, 0.3) is 0 Å². The Kier molecular flexibility index (Phi) is 2.74. The molecule has 1 aromatic carbocycles. The van der Waals surface area contributed by atoms with Crippen LogP contribution in [0.2, 0.25) is 0 Å². The number of nitrogens with zero attached hydrogens (tertiary/aromatic N) is 2. The summed E-state index contributed by atoms with van der Waals surface area (Å²) in [5.41, 5.74) is 0.0446. The number of nitro benzene ring substituents is 1. The Morgan fingerprint density at radius 2 is 2.31 bits per heavy atom. The van der Waals surface area contributed by atoms with Crippen LogP contribution in [0.1, 0.15) is 6.42 Å². The zero-order valence-corrected chi connectivity index (χ0v) is 8.47. The molecule has 0 amide bonds. The van der Waals surface area contributed by atoms with Crippen molar-refractivity contribution >= 4 is 11.4 Å². The molecule has 86 valence electrons. The molecular formula is C10H11FN2O3. The maximum atomic E-state index is 13.6. The molecular weight excluding hydrogens is 215 g/mol. The molecule has 0 spiro atoms. The maximum Gasteiger partial charge on any atom is 0.272 e. The minimum Gasteiger partial charge on any atom is -0.391 e. The first-order valence-corrected chi connectivity index (χ1v) is 4.95. The van der Waals surface area contributed by atoms with E-state index < -0.39 is 16.8 Å². The van der Waals surface area contributed by atoms with E-state index in [0.29, 0.717) is 25.2 Å². The van der Waals surface area contributed by atoms with Gasteiger partial charge in [-0.3, -0.25) is 10.1 Å². The molecule has 1 atom stereocenters. The fraction of sp³-hybridized carbons (Fsp3) is 0.400. The van der Waals surface area contributed by atoms with Gasteiger partial charge in [-0.2, -0.15) is 0 Å². The molecule has 6 heteroatoms. The summed E-state index contributed by atoms with van der Waals surface area (Å²) in [5, 5.41) is 19.7. The van der Waals surface area contributed by atoms with Crippen molar-refractivity contribution in [1.29, 1.82) is 0 Å². The summed E-state index contributed by atoms with van der Waals surface area (Å²) in [4.78, 5) is 11.5. The topological polar surface area (TPSA) is 66.6 Å². The number of β-amino-alcohol motifs (C(OH)–C–C–N with tert-alkyl or cyclic N) is 1. The normalized spacial score (nSPS) is 20.1. The van der Waals surface area contributed by atoms with Gasteiger partial charge in [0.15, 0.2) is 5.82 Å². The summed E-state index contributed by atoms with van der Waals surface area (Å²) in [6.07, 6.45) is 0.144. The number of hydrogen-bond donors (Lipinski definition) is 1. The Hall–Kier alpha value is -1.69. The number of aliphatic hydroxyl groups excluding tert-OH is 1. The standard InChI is InChI=1S/C10H11FN2O3/c11-9-5-7(13(15)16)1-2-10(9)12-4-3-8(14)6-12/h1-2,5,8,14H,3-4,6H2. The highest BCUT2D eigenvalue weighted by atomic mass is 19.1. The van der Waals surface area contributed by atoms with Crippen molar-refractivity contribution in [3.05, 3.63) is 34.1 Å². The second-order valence-corrected chi connectivity index (χ2v) is 3.78. The lowest BCUT2D eigenvalue weighted by Gasteiger charge is -2.18. The number of anilines is 1. The second-order valence-electron chi connectivity index (χ2n) is 3.78. The minimum absolute atomic E-state index is 0.263. The highest BCUT2D eigenvalue weighted by molar-refractivity contribution is 5.53. The number of halogens is 1. The van der Waals surface area contributed by atoms with E-state index in [2.05, 4.69) is 0 Å². The SMILES string of the molecule is O=[N+]([O-])c1ccc(N2CCC(O)C2)c(F)c1. The van der Waals surface area contributed by atoms with Gasteiger partial charge in [-0.05, 0) is 12.5 Å². The van der Waals surface area contributed by atoms with E-state index in [9.17, 15) is 19.6 Å². The van der Waals surface area contributed by atoms with E-state index in [1.165, 1.54) is 12.1 Å². The summed E-state index contributed by atoms with van der Waals surface area (Å²) < 4.78 is 13.6. The Balaban J connectivity index is 2.26. The Morgan fingerprint density at radius 3 is 2.81 bits per heavy atom. The minimum atomic E-state index is -0.633. The Bertz CT molecular complexity index is 425. The number of hydrogen-bond acceptors (Lipinski definition) is 4. The summed E-state index contributed by atoms with van der Waals surface area (Å²) in [6, 6.07) is 3.55. The van der Waals surface area contributed by atoms with E-state index in [1.54, 1.807) is 4.90 Å². The molecule has 1 unspecified atom stereocenters. The molecule has 16 heavy (non-hydrogen) atoms. The molecule has 0 radical (unpaired) electrons. The smallest absolute Gasteiger partial charge is 0.272 e. The van der Waals surface area contributed by atoms with Gasteiger partial charge in [-0.1, -0.05) is 0 Å². The van der Waals surface area contributed by atoms with Crippen molar-refractivity contribution < 1.29 is 14.4 Å². The second kappa shape index (κ2) is 4.05. The Morgan fingerprint density at radius 1 is 1.56 bits per heavy atom. The van der Waals surface area contributed by atoms with Crippen molar-refractivity contribution in [1.82, 2.24) is 0 Å². The van der Waals surface area contributed by atoms with E-state index in [1.807, 2.05) is 0 Å². The summed E-state index contributed by atoms with van der Waals surface area (Å²) in [7, 11) is 0. The van der Waals surface area contributed by atoms with Gasteiger partial charge in [-0.15, -0.1) is 0 Å². The molecule has 0 aliphatic carbocycles. The molecule has 1 aliphatic heterocycles. The van der Waals surface area contributed by atoms with Crippen LogP contribution in [-0.4, -0.2) is 29.2 Å². The predicted molar refractivity (Wildman–Crippen MR) is 55.9 cm³/mol. The zero-order valence-electron chi connectivity index (χ0n) is 8.47. The van der Waals surface area contributed by atoms with Crippen LogP contribution in [0.4, 0.5) is 15.8 Å². The molecule has 1 fully saturated rings. The van der Waals surface area contributed by atoms with Gasteiger partial charge in [-0.25, -0.2) is 4.39 Å². The first kappa shape index (κ1) is 10.8. The van der Waals surface area contributed by atoms with Gasteiger partial charge < -0.3 is 10.0 Å². The van der Waals surface area contributed by atoms with Crippen LogP contribution in [0.5, 0.6) is 0 Å². The number of non-ortho nitro benzene ring substituents is 1. The predicted octanol–water partition coefficient (Wildman–Crippen LogP) is 1.30. The molecule has 5 nitrogen and oxygen atoms in total. The van der Waals surface area contributed by atoms with E-state index in [-0.39, 0.29) is 5.69 Å². The molecule has 1 aromatic rings. The van der Waals surface area contributed by atoms with Crippen LogP contribution in [0, 0.1) is 15.9 Å². The lowest BCUT2D eigenvalue weighted by atomic mass is 10.2. The number of nitro groups is 1. The fourth-order valence-electron chi connectivity index (χ4n) is 1.83. The van der Waals surface area contributed by atoms with Crippen LogP contribution in [0.15, 0.2) is 18.2 Å². The molecule has 1 aliphatic rings. The van der Waals surface area contributed by atoms with Gasteiger partial charge in [0, 0.05) is 19.2 Å². The molecule has 0 bridgehead atoms. The monoisotopic (exact) mass is 226 g/mol. The van der Waals surface area contributed by atoms with Crippen LogP contribution in [0.3, 0.4) is 0 Å². The average Bonchev–Trinajstić information content (AvgIpc) is 2.64. The van der Waals surface area contributed by atoms with Gasteiger partial charge in [0.05, 0.1) is 22.8 Å². The van der Waals surface area contributed by atoms with Gasteiger partial charge in [0.1, 0.15) is 0 Å². The number of benzene rings is 1. The molecule has 1 N–H and O–H groups in total. The summed E-state index contributed by atoms with van der Waals surface area (Å²) in [6.45, 7) is 0.935. The third-order valence-corrected chi connectivity index (χ3v) is 2.65. The molecule has 0 saturated carbocycles. The van der Waals surface area contributed by atoms with Crippen molar-refractivity contribution in [3.8, 4) is 0 Å². The van der Waals surface area contributed by atoms with E-state index in [0.717, 1.165) is 6.07 Å². The van der Waals surface area contributed by atoms with E-state index in [4.69, 9.17) is 0 Å². The first-order chi connectivity index (χ1) is 7.58. The third-order valence-electron chi connectivity index (χ3n) is 2.65.